The van der Waals surface area contributed by atoms with E-state index in [9.17, 15) is 4.21 Å². The van der Waals surface area contributed by atoms with Crippen LogP contribution in [0, 0.1) is 0 Å². The molecule has 1 rings (SSSR count). The lowest BCUT2D eigenvalue weighted by Gasteiger charge is -1.89. The summed E-state index contributed by atoms with van der Waals surface area (Å²) in [6.07, 6.45) is 0.875. The Kier molecular flexibility index (Phi) is 14.8. The molecule has 0 heterocycles. The average molecular weight is 232 g/mol. The van der Waals surface area contributed by atoms with Gasteiger partial charge in [0.1, 0.15) is 0 Å². The first-order valence-electron chi connectivity index (χ1n) is 4.99. The van der Waals surface area contributed by atoms with Gasteiger partial charge in [-0.2, -0.15) is 0 Å². The van der Waals surface area contributed by atoms with E-state index in [1.807, 2.05) is 20.8 Å². The van der Waals surface area contributed by atoms with Crippen LogP contribution in [-0.2, 0) is 11.1 Å². The quantitative estimate of drug-likeness (QED) is 0.771. The Morgan fingerprint density at radius 2 is 1.60 bits per heavy atom. The van der Waals surface area contributed by atoms with E-state index >= 15 is 0 Å². The summed E-state index contributed by atoms with van der Waals surface area (Å²) in [5, 5.41) is 7.88. The fourth-order valence-electron chi connectivity index (χ4n) is 0.537. The minimum Gasteiger partial charge on any atom is -0.396 e. The van der Waals surface area contributed by atoms with Gasteiger partial charge in [0.2, 0.25) is 0 Å². The van der Waals surface area contributed by atoms with Gasteiger partial charge >= 0.3 is 0 Å². The van der Waals surface area contributed by atoms with E-state index in [1.54, 1.807) is 30.3 Å². The van der Waals surface area contributed by atoms with Gasteiger partial charge < -0.3 is 9.66 Å². The summed E-state index contributed by atoms with van der Waals surface area (Å²) >= 11 is -1.83. The van der Waals surface area contributed by atoms with E-state index in [1.165, 1.54) is 0 Å². The Labute approximate surface area is 94.4 Å². The van der Waals surface area contributed by atoms with Gasteiger partial charge in [-0.05, 0) is 18.6 Å². The zero-order valence-corrected chi connectivity index (χ0v) is 10.3. The van der Waals surface area contributed by atoms with Gasteiger partial charge in [-0.1, -0.05) is 39.0 Å². The molecule has 0 amide bonds. The van der Waals surface area contributed by atoms with Crippen molar-refractivity contribution in [2.24, 2.45) is 0 Å². The molecule has 0 aromatic heterocycles. The Balaban J connectivity index is 0. The third-order valence-electron chi connectivity index (χ3n) is 1.17. The predicted molar refractivity (Wildman–Crippen MR) is 64.2 cm³/mol. The largest absolute Gasteiger partial charge is 0.396 e. The second-order valence-electron chi connectivity index (χ2n) is 2.29. The highest BCUT2D eigenvalue weighted by molar-refractivity contribution is 7.79. The van der Waals surface area contributed by atoms with Crippen LogP contribution in [-0.4, -0.2) is 20.5 Å². The third-order valence-corrected chi connectivity index (χ3v) is 1.84. The Hall–Kier alpha value is -0.710. The summed E-state index contributed by atoms with van der Waals surface area (Å²) in [4.78, 5) is 0.442. The van der Waals surface area contributed by atoms with Crippen LogP contribution in [0.5, 0.6) is 0 Å². The molecule has 1 unspecified atom stereocenters. The van der Waals surface area contributed by atoms with Crippen molar-refractivity contribution in [3.8, 4) is 0 Å². The highest BCUT2D eigenvalue weighted by Crippen LogP contribution is 2.00. The number of benzene rings is 1. The van der Waals surface area contributed by atoms with Gasteiger partial charge in [0.05, 0.1) is 4.90 Å². The van der Waals surface area contributed by atoms with Crippen LogP contribution in [0.2, 0.25) is 0 Å². The number of rotatable bonds is 2. The Morgan fingerprint density at radius 3 is 1.80 bits per heavy atom. The molecule has 15 heavy (non-hydrogen) atoms. The minimum atomic E-state index is -1.83. The lowest BCUT2D eigenvalue weighted by Crippen LogP contribution is -1.84. The maximum Gasteiger partial charge on any atom is 0.186 e. The summed E-state index contributed by atoms with van der Waals surface area (Å²) in [5.74, 6) is 0. The van der Waals surface area contributed by atoms with Crippen molar-refractivity contribution in [3.63, 3.8) is 0 Å². The molecule has 0 spiro atoms. The van der Waals surface area contributed by atoms with Crippen molar-refractivity contribution >= 4 is 11.1 Å². The van der Waals surface area contributed by atoms with Crippen LogP contribution in [0.15, 0.2) is 35.2 Å². The van der Waals surface area contributed by atoms with Crippen molar-refractivity contribution in [1.29, 1.82) is 0 Å². The summed E-state index contributed by atoms with van der Waals surface area (Å²) in [7, 11) is 0. The van der Waals surface area contributed by atoms with E-state index in [0.717, 1.165) is 6.42 Å². The maximum absolute atomic E-state index is 10.3. The first-order valence-corrected chi connectivity index (χ1v) is 6.09. The molecule has 1 atom stereocenters. The monoisotopic (exact) mass is 232 g/mol. The molecule has 0 bridgehead atoms. The van der Waals surface area contributed by atoms with E-state index in [0.29, 0.717) is 11.5 Å². The summed E-state index contributed by atoms with van der Waals surface area (Å²) in [6.45, 7) is 6.25. The maximum atomic E-state index is 10.3. The number of hydrogen-bond donors (Lipinski definition) is 2. The van der Waals surface area contributed by atoms with Gasteiger partial charge in [-0.15, -0.1) is 0 Å². The molecule has 1 aromatic rings. The molecule has 0 saturated heterocycles. The molecule has 0 aliphatic carbocycles. The topological polar surface area (TPSA) is 57.5 Å². The van der Waals surface area contributed by atoms with Gasteiger partial charge in [0.25, 0.3) is 0 Å². The lowest BCUT2D eigenvalue weighted by molar-refractivity contribution is 0.295. The molecule has 0 fully saturated rings. The number of hydrogen-bond acceptors (Lipinski definition) is 2. The first-order chi connectivity index (χ1) is 7.22. The zero-order chi connectivity index (χ0) is 12.1. The molecular weight excluding hydrogens is 212 g/mol. The van der Waals surface area contributed by atoms with E-state index < -0.39 is 11.1 Å². The van der Waals surface area contributed by atoms with Gasteiger partial charge in [0.15, 0.2) is 11.1 Å². The SMILES string of the molecule is CC.CCCO.O=S(O)c1ccccc1. The number of aliphatic hydroxyl groups is 1. The highest BCUT2D eigenvalue weighted by atomic mass is 32.2. The van der Waals surface area contributed by atoms with Crippen LogP contribution < -0.4 is 0 Å². The van der Waals surface area contributed by atoms with Crippen LogP contribution in [0.4, 0.5) is 0 Å². The zero-order valence-electron chi connectivity index (χ0n) is 9.51. The van der Waals surface area contributed by atoms with Crippen molar-refractivity contribution < 1.29 is 13.9 Å². The van der Waals surface area contributed by atoms with Crippen LogP contribution in [0.3, 0.4) is 0 Å². The predicted octanol–water partition coefficient (Wildman–Crippen LogP) is 2.68. The average Bonchev–Trinajstić information content (AvgIpc) is 2.33. The van der Waals surface area contributed by atoms with Crippen molar-refractivity contribution in [1.82, 2.24) is 0 Å². The fourth-order valence-corrected chi connectivity index (χ4v) is 0.927. The van der Waals surface area contributed by atoms with Crippen LogP contribution >= 0.6 is 0 Å². The van der Waals surface area contributed by atoms with E-state index in [4.69, 9.17) is 9.66 Å². The van der Waals surface area contributed by atoms with Crippen LogP contribution in [0.1, 0.15) is 27.2 Å². The van der Waals surface area contributed by atoms with Crippen molar-refractivity contribution in [3.05, 3.63) is 30.3 Å². The van der Waals surface area contributed by atoms with E-state index in [-0.39, 0.29) is 0 Å². The summed E-state index contributed by atoms with van der Waals surface area (Å²) in [6, 6.07) is 8.47. The van der Waals surface area contributed by atoms with Crippen molar-refractivity contribution in [2.75, 3.05) is 6.61 Å². The molecular formula is C11H20O3S. The molecule has 1 aromatic carbocycles. The third kappa shape index (κ3) is 11.2. The molecule has 0 aliphatic rings. The Bertz CT molecular complexity index is 235. The van der Waals surface area contributed by atoms with E-state index in [2.05, 4.69) is 0 Å². The van der Waals surface area contributed by atoms with Gasteiger partial charge in [-0.25, -0.2) is 4.21 Å². The first kappa shape index (κ1) is 16.7. The molecule has 0 aliphatic heterocycles. The molecule has 2 N–H and O–H groups in total. The number of aliphatic hydroxyl groups excluding tert-OH is 1. The molecule has 4 heteroatoms. The molecule has 0 saturated carbocycles. The normalized spacial score (nSPS) is 10.2. The van der Waals surface area contributed by atoms with Gasteiger partial charge in [0, 0.05) is 6.61 Å². The minimum absolute atomic E-state index is 0.319. The fraction of sp³-hybridized carbons (Fsp3) is 0.455. The second kappa shape index (κ2) is 13.3. The smallest absolute Gasteiger partial charge is 0.186 e. The summed E-state index contributed by atoms with van der Waals surface area (Å²) in [5.41, 5.74) is 0. The van der Waals surface area contributed by atoms with Gasteiger partial charge in [-0.3, -0.25) is 0 Å². The van der Waals surface area contributed by atoms with Crippen molar-refractivity contribution in [2.45, 2.75) is 32.1 Å². The lowest BCUT2D eigenvalue weighted by atomic mass is 10.4. The Morgan fingerprint density at radius 1 is 1.20 bits per heavy atom. The molecule has 88 valence electrons. The molecule has 3 nitrogen and oxygen atoms in total. The van der Waals surface area contributed by atoms with Crippen LogP contribution in [0.25, 0.3) is 0 Å². The molecule has 0 radical (unpaired) electrons. The second-order valence-corrected chi connectivity index (χ2v) is 3.26. The highest BCUT2D eigenvalue weighted by Gasteiger charge is 1.93. The summed E-state index contributed by atoms with van der Waals surface area (Å²) < 4.78 is 18.8. The standard InChI is InChI=1S/C6H6O2S.C3H8O.C2H6/c7-9(8)6-4-2-1-3-5-6;1-2-3-4;1-2/h1-5H,(H,7,8);4H,2-3H2,1H3;1-2H3.